The van der Waals surface area contributed by atoms with Gasteiger partial charge in [0.15, 0.2) is 5.70 Å². The molecule has 0 bridgehead atoms. The van der Waals surface area contributed by atoms with Crippen LogP contribution in [0.25, 0.3) is 0 Å². The van der Waals surface area contributed by atoms with Crippen molar-refractivity contribution in [3.63, 3.8) is 0 Å². The molecule has 3 rings (SSSR count). The highest BCUT2D eigenvalue weighted by Gasteiger charge is 2.28. The standard InChI is InChI=1S/C15H11BrN2O2/c1-18-9-3-2-4-12(18)13-15(19)20-14(17-13)10-5-7-11(16)8-6-10/h2-9H,1H3/b13-12+. The predicted octanol–water partition coefficient (Wildman–Crippen LogP) is 2.98. The van der Waals surface area contributed by atoms with Crippen LogP contribution in [-0.2, 0) is 9.53 Å². The third kappa shape index (κ3) is 2.32. The smallest absolute Gasteiger partial charge is 0.366 e. The number of allylic oxidation sites excluding steroid dienone is 3. The lowest BCUT2D eigenvalue weighted by molar-refractivity contribution is -0.130. The van der Waals surface area contributed by atoms with E-state index in [0.29, 0.717) is 11.6 Å². The van der Waals surface area contributed by atoms with Gasteiger partial charge in [0.25, 0.3) is 0 Å². The summed E-state index contributed by atoms with van der Waals surface area (Å²) in [6.07, 6.45) is 7.46. The van der Waals surface area contributed by atoms with Crippen LogP contribution in [0.15, 0.2) is 69.6 Å². The Hall–Kier alpha value is -2.14. The number of halogens is 1. The number of hydrogen-bond donors (Lipinski definition) is 0. The zero-order chi connectivity index (χ0) is 14.1. The van der Waals surface area contributed by atoms with Crippen molar-refractivity contribution in [2.24, 2.45) is 4.99 Å². The average Bonchev–Trinajstić information content (AvgIpc) is 2.82. The van der Waals surface area contributed by atoms with Crippen molar-refractivity contribution in [1.29, 1.82) is 0 Å². The van der Waals surface area contributed by atoms with E-state index in [9.17, 15) is 4.79 Å². The second-order valence-electron chi connectivity index (χ2n) is 4.36. The average molecular weight is 331 g/mol. The number of carbonyl (C=O) groups excluding carboxylic acids is 1. The molecular weight excluding hydrogens is 320 g/mol. The largest absolute Gasteiger partial charge is 0.402 e. The quantitative estimate of drug-likeness (QED) is 0.587. The van der Waals surface area contributed by atoms with Gasteiger partial charge >= 0.3 is 5.97 Å². The SMILES string of the molecule is CN1C=CC=C/C1=C1\N=C(c2ccc(Br)cc2)OC1=O. The molecule has 0 amide bonds. The van der Waals surface area contributed by atoms with Gasteiger partial charge in [0.1, 0.15) is 0 Å². The molecule has 20 heavy (non-hydrogen) atoms. The number of carbonyl (C=O) groups is 1. The van der Waals surface area contributed by atoms with Gasteiger partial charge in [-0.3, -0.25) is 0 Å². The monoisotopic (exact) mass is 330 g/mol. The molecule has 0 saturated heterocycles. The number of aliphatic imine (C=N–C) groups is 1. The number of likely N-dealkylation sites (N-methyl/N-ethyl adjacent to an activating group) is 1. The summed E-state index contributed by atoms with van der Waals surface area (Å²) in [6.45, 7) is 0. The van der Waals surface area contributed by atoms with Gasteiger partial charge < -0.3 is 9.64 Å². The van der Waals surface area contributed by atoms with Crippen LogP contribution in [-0.4, -0.2) is 23.8 Å². The Labute approximate surface area is 124 Å². The number of benzene rings is 1. The van der Waals surface area contributed by atoms with Gasteiger partial charge in [0.2, 0.25) is 5.90 Å². The molecule has 0 unspecified atom stereocenters. The molecule has 0 spiro atoms. The second kappa shape index (κ2) is 5.09. The summed E-state index contributed by atoms with van der Waals surface area (Å²) >= 11 is 3.37. The van der Waals surface area contributed by atoms with Crippen molar-refractivity contribution >= 4 is 27.8 Å². The number of nitrogens with zero attached hydrogens (tertiary/aromatic N) is 2. The first kappa shape index (κ1) is 12.9. The summed E-state index contributed by atoms with van der Waals surface area (Å²) in [4.78, 5) is 18.1. The Bertz CT molecular complexity index is 684. The zero-order valence-electron chi connectivity index (χ0n) is 10.7. The van der Waals surface area contributed by atoms with Gasteiger partial charge in [0, 0.05) is 23.3 Å². The van der Waals surface area contributed by atoms with Crippen molar-refractivity contribution in [2.45, 2.75) is 0 Å². The number of rotatable bonds is 1. The molecular formula is C15H11BrN2O2. The number of hydrogen-bond acceptors (Lipinski definition) is 4. The summed E-state index contributed by atoms with van der Waals surface area (Å²) < 4.78 is 6.22. The fraction of sp³-hybridized carbons (Fsp3) is 0.0667. The Morgan fingerprint density at radius 1 is 1.20 bits per heavy atom. The summed E-state index contributed by atoms with van der Waals surface area (Å²) in [6, 6.07) is 7.46. The minimum Gasteiger partial charge on any atom is -0.402 e. The zero-order valence-corrected chi connectivity index (χ0v) is 12.3. The van der Waals surface area contributed by atoms with E-state index in [4.69, 9.17) is 4.74 Å². The molecule has 5 heteroatoms. The molecule has 4 nitrogen and oxygen atoms in total. The molecule has 0 atom stereocenters. The Kier molecular flexibility index (Phi) is 3.28. The molecule has 0 N–H and O–H groups in total. The van der Waals surface area contributed by atoms with Crippen LogP contribution in [0, 0.1) is 0 Å². The summed E-state index contributed by atoms with van der Waals surface area (Å²) in [5, 5.41) is 0. The van der Waals surface area contributed by atoms with Gasteiger partial charge in [-0.25, -0.2) is 9.79 Å². The Morgan fingerprint density at radius 3 is 2.65 bits per heavy atom. The lowest BCUT2D eigenvalue weighted by Crippen LogP contribution is -2.15. The highest BCUT2D eigenvalue weighted by atomic mass is 79.9. The van der Waals surface area contributed by atoms with Crippen LogP contribution in [0.1, 0.15) is 5.56 Å². The molecule has 2 heterocycles. The first-order valence-corrected chi connectivity index (χ1v) is 6.83. The number of ether oxygens (including phenoxy) is 1. The summed E-state index contributed by atoms with van der Waals surface area (Å²) in [7, 11) is 1.86. The van der Waals surface area contributed by atoms with Crippen LogP contribution in [0.2, 0.25) is 0 Å². The van der Waals surface area contributed by atoms with Gasteiger partial charge in [-0.1, -0.05) is 22.0 Å². The van der Waals surface area contributed by atoms with Gasteiger partial charge in [-0.2, -0.15) is 0 Å². The molecule has 0 saturated carbocycles. The maximum Gasteiger partial charge on any atom is 0.366 e. The highest BCUT2D eigenvalue weighted by Crippen LogP contribution is 2.24. The minimum absolute atomic E-state index is 0.325. The molecule has 100 valence electrons. The molecule has 0 radical (unpaired) electrons. The number of cyclic esters (lactones) is 1. The van der Waals surface area contributed by atoms with E-state index in [1.54, 1.807) is 0 Å². The van der Waals surface area contributed by atoms with Gasteiger partial charge in [0.05, 0.1) is 5.70 Å². The van der Waals surface area contributed by atoms with Crippen molar-refractivity contribution < 1.29 is 9.53 Å². The van der Waals surface area contributed by atoms with E-state index in [1.807, 2.05) is 60.6 Å². The Morgan fingerprint density at radius 2 is 1.95 bits per heavy atom. The summed E-state index contributed by atoms with van der Waals surface area (Å²) in [5.41, 5.74) is 1.82. The first-order valence-electron chi connectivity index (χ1n) is 6.04. The summed E-state index contributed by atoms with van der Waals surface area (Å²) in [5.74, 6) is -0.0916. The van der Waals surface area contributed by atoms with Crippen LogP contribution in [0.4, 0.5) is 0 Å². The van der Waals surface area contributed by atoms with Crippen molar-refractivity contribution in [1.82, 2.24) is 4.90 Å². The topological polar surface area (TPSA) is 41.9 Å². The van der Waals surface area contributed by atoms with Gasteiger partial charge in [-0.05, 0) is 36.4 Å². The Balaban J connectivity index is 2.01. The first-order chi connectivity index (χ1) is 9.65. The van der Waals surface area contributed by atoms with E-state index in [0.717, 1.165) is 15.7 Å². The molecule has 1 aromatic carbocycles. The maximum atomic E-state index is 12.0. The van der Waals surface area contributed by atoms with Crippen molar-refractivity contribution in [3.8, 4) is 0 Å². The highest BCUT2D eigenvalue weighted by molar-refractivity contribution is 9.10. The molecule has 0 aliphatic carbocycles. The molecule has 2 aliphatic rings. The predicted molar refractivity (Wildman–Crippen MR) is 79.8 cm³/mol. The van der Waals surface area contributed by atoms with Crippen molar-refractivity contribution in [3.05, 3.63) is 70.1 Å². The van der Waals surface area contributed by atoms with E-state index < -0.39 is 5.97 Å². The molecule has 0 aromatic heterocycles. The third-order valence-electron chi connectivity index (χ3n) is 2.98. The normalized spacial score (nSPS) is 21.2. The molecule has 0 fully saturated rings. The lowest BCUT2D eigenvalue weighted by Gasteiger charge is -2.17. The fourth-order valence-corrected chi connectivity index (χ4v) is 2.22. The van der Waals surface area contributed by atoms with Crippen LogP contribution < -0.4 is 0 Å². The maximum absolute atomic E-state index is 12.0. The third-order valence-corrected chi connectivity index (χ3v) is 3.51. The van der Waals surface area contributed by atoms with E-state index in [-0.39, 0.29) is 0 Å². The minimum atomic E-state index is -0.426. The molecule has 2 aliphatic heterocycles. The molecule has 1 aromatic rings. The van der Waals surface area contributed by atoms with Crippen molar-refractivity contribution in [2.75, 3.05) is 7.05 Å². The lowest BCUT2D eigenvalue weighted by atomic mass is 10.2. The van der Waals surface area contributed by atoms with E-state index >= 15 is 0 Å². The van der Waals surface area contributed by atoms with E-state index in [1.165, 1.54) is 0 Å². The van der Waals surface area contributed by atoms with Crippen LogP contribution >= 0.6 is 15.9 Å². The van der Waals surface area contributed by atoms with E-state index in [2.05, 4.69) is 20.9 Å². The second-order valence-corrected chi connectivity index (χ2v) is 5.27. The van der Waals surface area contributed by atoms with Crippen LogP contribution in [0.3, 0.4) is 0 Å². The van der Waals surface area contributed by atoms with Gasteiger partial charge in [-0.15, -0.1) is 0 Å². The fourth-order valence-electron chi connectivity index (χ4n) is 1.95. The van der Waals surface area contributed by atoms with Crippen LogP contribution in [0.5, 0.6) is 0 Å². The number of esters is 1.